The van der Waals surface area contributed by atoms with Crippen molar-refractivity contribution in [3.8, 4) is 11.5 Å². The predicted molar refractivity (Wildman–Crippen MR) is 122 cm³/mol. The highest BCUT2D eigenvalue weighted by Crippen LogP contribution is 2.31. The SMILES string of the molecule is CN=C(NCCCc1ccc(OC)c(OC)c1)NCC1(CCO)CCOC1.I. The molecule has 1 aromatic rings. The summed E-state index contributed by atoms with van der Waals surface area (Å²) in [4.78, 5) is 4.29. The van der Waals surface area contributed by atoms with Crippen LogP contribution in [0.1, 0.15) is 24.8 Å². The lowest BCUT2D eigenvalue weighted by Crippen LogP contribution is -2.44. The minimum atomic E-state index is 0. The van der Waals surface area contributed by atoms with E-state index in [2.05, 4.69) is 21.7 Å². The smallest absolute Gasteiger partial charge is 0.190 e. The fourth-order valence-corrected chi connectivity index (χ4v) is 3.34. The molecule has 0 aromatic heterocycles. The second kappa shape index (κ2) is 13.1. The summed E-state index contributed by atoms with van der Waals surface area (Å²) in [6.07, 6.45) is 3.63. The molecule has 160 valence electrons. The number of guanidine groups is 1. The van der Waals surface area contributed by atoms with Gasteiger partial charge in [0, 0.05) is 38.8 Å². The predicted octanol–water partition coefficient (Wildman–Crippen LogP) is 2.21. The highest BCUT2D eigenvalue weighted by molar-refractivity contribution is 14.0. The van der Waals surface area contributed by atoms with Crippen molar-refractivity contribution in [3.63, 3.8) is 0 Å². The third-order valence-corrected chi connectivity index (χ3v) is 5.06. The monoisotopic (exact) mass is 507 g/mol. The fourth-order valence-electron chi connectivity index (χ4n) is 3.34. The number of methoxy groups -OCH3 is 2. The minimum Gasteiger partial charge on any atom is -0.493 e. The first kappa shape index (κ1) is 24.8. The van der Waals surface area contributed by atoms with Gasteiger partial charge in [0.25, 0.3) is 0 Å². The second-order valence-corrected chi connectivity index (χ2v) is 6.92. The largest absolute Gasteiger partial charge is 0.493 e. The molecule has 1 heterocycles. The van der Waals surface area contributed by atoms with Crippen molar-refractivity contribution in [1.29, 1.82) is 0 Å². The van der Waals surface area contributed by atoms with E-state index in [1.54, 1.807) is 21.3 Å². The number of hydrogen-bond acceptors (Lipinski definition) is 5. The molecule has 1 aliphatic rings. The molecule has 1 saturated heterocycles. The highest BCUT2D eigenvalue weighted by atomic mass is 127. The Balaban J connectivity index is 0.00000392. The Morgan fingerprint density at radius 2 is 2.04 bits per heavy atom. The molecular weight excluding hydrogens is 473 g/mol. The average Bonchev–Trinajstić information content (AvgIpc) is 3.16. The van der Waals surface area contributed by atoms with Gasteiger partial charge in [0.15, 0.2) is 17.5 Å². The van der Waals surface area contributed by atoms with E-state index in [1.807, 2.05) is 12.1 Å². The molecule has 0 radical (unpaired) electrons. The molecule has 8 heteroatoms. The Labute approximate surface area is 185 Å². The zero-order valence-corrected chi connectivity index (χ0v) is 19.5. The Kier molecular flexibility index (Phi) is 11.6. The van der Waals surface area contributed by atoms with E-state index in [-0.39, 0.29) is 36.0 Å². The number of ether oxygens (including phenoxy) is 3. The summed E-state index contributed by atoms with van der Waals surface area (Å²) < 4.78 is 16.2. The van der Waals surface area contributed by atoms with Gasteiger partial charge >= 0.3 is 0 Å². The van der Waals surface area contributed by atoms with Gasteiger partial charge < -0.3 is 30.0 Å². The van der Waals surface area contributed by atoms with Crippen molar-refractivity contribution in [2.24, 2.45) is 10.4 Å². The Bertz CT molecular complexity index is 607. The Morgan fingerprint density at radius 3 is 2.64 bits per heavy atom. The van der Waals surface area contributed by atoms with E-state index >= 15 is 0 Å². The first-order valence-electron chi connectivity index (χ1n) is 9.50. The van der Waals surface area contributed by atoms with Crippen molar-refractivity contribution in [2.75, 3.05) is 54.2 Å². The van der Waals surface area contributed by atoms with Crippen LogP contribution < -0.4 is 20.1 Å². The van der Waals surface area contributed by atoms with Crippen LogP contribution in [-0.2, 0) is 11.2 Å². The number of aryl methyl sites for hydroxylation is 1. The normalized spacial score (nSPS) is 19.1. The maximum Gasteiger partial charge on any atom is 0.190 e. The van der Waals surface area contributed by atoms with Crippen LogP contribution in [-0.4, -0.2) is 65.2 Å². The molecule has 7 nitrogen and oxygen atoms in total. The molecule has 0 bridgehead atoms. The first-order valence-corrected chi connectivity index (χ1v) is 9.50. The molecule has 1 fully saturated rings. The first-order chi connectivity index (χ1) is 13.2. The molecule has 2 rings (SSSR count). The number of hydrogen-bond donors (Lipinski definition) is 3. The molecule has 0 saturated carbocycles. The van der Waals surface area contributed by atoms with E-state index in [0.29, 0.717) is 6.61 Å². The van der Waals surface area contributed by atoms with Crippen LogP contribution in [0.2, 0.25) is 0 Å². The summed E-state index contributed by atoms with van der Waals surface area (Å²) >= 11 is 0. The lowest BCUT2D eigenvalue weighted by atomic mass is 9.84. The molecule has 28 heavy (non-hydrogen) atoms. The Morgan fingerprint density at radius 1 is 1.25 bits per heavy atom. The average molecular weight is 507 g/mol. The second-order valence-electron chi connectivity index (χ2n) is 6.92. The number of aliphatic hydroxyl groups is 1. The van der Waals surface area contributed by atoms with Gasteiger partial charge in [-0.15, -0.1) is 24.0 Å². The zero-order valence-electron chi connectivity index (χ0n) is 17.1. The van der Waals surface area contributed by atoms with Gasteiger partial charge in [-0.3, -0.25) is 4.99 Å². The van der Waals surface area contributed by atoms with Gasteiger partial charge in [-0.2, -0.15) is 0 Å². The molecule has 1 aliphatic heterocycles. The molecule has 3 N–H and O–H groups in total. The quantitative estimate of drug-likeness (QED) is 0.195. The van der Waals surface area contributed by atoms with Crippen LogP contribution in [0.15, 0.2) is 23.2 Å². The van der Waals surface area contributed by atoms with Gasteiger partial charge in [-0.1, -0.05) is 6.07 Å². The number of aliphatic hydroxyl groups excluding tert-OH is 1. The molecule has 0 aliphatic carbocycles. The van der Waals surface area contributed by atoms with E-state index in [9.17, 15) is 5.11 Å². The standard InChI is InChI=1S/C20H33N3O4.HI/c1-21-19(23-14-20(8-11-24)9-12-27-15-20)22-10-4-5-16-6-7-17(25-2)18(13-16)26-3;/h6-7,13,24H,4-5,8-12,14-15H2,1-3H3,(H2,21,22,23);1H. The molecule has 0 amide bonds. The van der Waals surface area contributed by atoms with Crippen molar-refractivity contribution in [3.05, 3.63) is 23.8 Å². The molecule has 1 atom stereocenters. The van der Waals surface area contributed by atoms with Gasteiger partial charge in [0.2, 0.25) is 0 Å². The number of aliphatic imine (C=N–C) groups is 1. The van der Waals surface area contributed by atoms with Crippen LogP contribution in [0, 0.1) is 5.41 Å². The van der Waals surface area contributed by atoms with Gasteiger partial charge in [0.1, 0.15) is 0 Å². The molecule has 0 spiro atoms. The van der Waals surface area contributed by atoms with Crippen LogP contribution in [0.3, 0.4) is 0 Å². The van der Waals surface area contributed by atoms with Crippen LogP contribution >= 0.6 is 24.0 Å². The maximum atomic E-state index is 9.32. The van der Waals surface area contributed by atoms with Crippen LogP contribution in [0.4, 0.5) is 0 Å². The number of rotatable bonds is 10. The Hall–Kier alpha value is -1.26. The van der Waals surface area contributed by atoms with Gasteiger partial charge in [0.05, 0.1) is 20.8 Å². The molecule has 1 aromatic carbocycles. The van der Waals surface area contributed by atoms with Crippen molar-refractivity contribution in [2.45, 2.75) is 25.7 Å². The van der Waals surface area contributed by atoms with E-state index in [4.69, 9.17) is 14.2 Å². The summed E-state index contributed by atoms with van der Waals surface area (Å²) in [5.41, 5.74) is 1.22. The fraction of sp³-hybridized carbons (Fsp3) is 0.650. The lowest BCUT2D eigenvalue weighted by Gasteiger charge is -2.27. The topological polar surface area (TPSA) is 84.3 Å². The van der Waals surface area contributed by atoms with E-state index < -0.39 is 0 Å². The number of nitrogens with zero attached hydrogens (tertiary/aromatic N) is 1. The highest BCUT2D eigenvalue weighted by Gasteiger charge is 2.34. The van der Waals surface area contributed by atoms with Gasteiger partial charge in [-0.25, -0.2) is 0 Å². The number of halogens is 1. The summed E-state index contributed by atoms with van der Waals surface area (Å²) in [5, 5.41) is 16.1. The van der Waals surface area contributed by atoms with Crippen molar-refractivity contribution >= 4 is 29.9 Å². The third kappa shape index (κ3) is 7.29. The van der Waals surface area contributed by atoms with E-state index in [1.165, 1.54) is 5.56 Å². The lowest BCUT2D eigenvalue weighted by molar-refractivity contribution is 0.127. The van der Waals surface area contributed by atoms with Crippen molar-refractivity contribution in [1.82, 2.24) is 10.6 Å². The number of nitrogens with one attached hydrogen (secondary N) is 2. The maximum absolute atomic E-state index is 9.32. The molecular formula is C20H34IN3O4. The van der Waals surface area contributed by atoms with Crippen LogP contribution in [0.5, 0.6) is 11.5 Å². The van der Waals surface area contributed by atoms with Gasteiger partial charge in [-0.05, 0) is 43.4 Å². The van der Waals surface area contributed by atoms with E-state index in [0.717, 1.165) is 62.8 Å². The molecule has 1 unspecified atom stereocenters. The summed E-state index contributed by atoms with van der Waals surface area (Å²) in [6, 6.07) is 6.02. The van der Waals surface area contributed by atoms with Crippen LogP contribution in [0.25, 0.3) is 0 Å². The summed E-state index contributed by atoms with van der Waals surface area (Å²) in [5.74, 6) is 2.29. The number of benzene rings is 1. The van der Waals surface area contributed by atoms with Crippen molar-refractivity contribution < 1.29 is 19.3 Å². The zero-order chi connectivity index (χ0) is 19.5. The summed E-state index contributed by atoms with van der Waals surface area (Å²) in [7, 11) is 5.06. The minimum absolute atomic E-state index is 0. The third-order valence-electron chi connectivity index (χ3n) is 5.06. The summed E-state index contributed by atoms with van der Waals surface area (Å²) in [6.45, 7) is 3.21.